The Hall–Kier alpha value is -1.10. The summed E-state index contributed by atoms with van der Waals surface area (Å²) >= 11 is 11.6. The molecular weight excluding hydrogens is 279 g/mol. The highest BCUT2D eigenvalue weighted by atomic mass is 35.5. The lowest BCUT2D eigenvalue weighted by molar-refractivity contribution is -0.171. The van der Waals surface area contributed by atoms with Crippen LogP contribution in [0, 0.1) is 0 Å². The van der Waals surface area contributed by atoms with Gasteiger partial charge in [-0.05, 0) is 37.6 Å². The fourth-order valence-corrected chi connectivity index (χ4v) is 1.48. The van der Waals surface area contributed by atoms with Crippen LogP contribution in [0.2, 0.25) is 10.0 Å². The van der Waals surface area contributed by atoms with Gasteiger partial charge in [-0.1, -0.05) is 23.2 Å². The second-order valence-electron chi connectivity index (χ2n) is 4.23. The molecule has 18 heavy (non-hydrogen) atoms. The molecule has 0 unspecified atom stereocenters. The highest BCUT2D eigenvalue weighted by Gasteiger charge is 2.28. The second kappa shape index (κ2) is 5.69. The van der Waals surface area contributed by atoms with Crippen LogP contribution in [0.1, 0.15) is 19.4 Å². The van der Waals surface area contributed by atoms with Crippen LogP contribution < -0.4 is 0 Å². The number of esters is 2. The number of ether oxygens (including phenoxy) is 1. The zero-order valence-corrected chi connectivity index (χ0v) is 11.4. The Bertz CT molecular complexity index is 477. The summed E-state index contributed by atoms with van der Waals surface area (Å²) in [6.07, 6.45) is -0.193. The van der Waals surface area contributed by atoms with E-state index in [2.05, 4.69) is 4.74 Å². The molecule has 0 fully saturated rings. The zero-order valence-electron chi connectivity index (χ0n) is 9.87. The highest BCUT2D eigenvalue weighted by Crippen LogP contribution is 2.21. The van der Waals surface area contributed by atoms with Crippen molar-refractivity contribution in [3.63, 3.8) is 0 Å². The Balaban J connectivity index is 2.71. The smallest absolute Gasteiger partial charge is 0.345 e. The molecule has 98 valence electrons. The van der Waals surface area contributed by atoms with Crippen LogP contribution in [0.4, 0.5) is 0 Å². The standard InChI is InChI=1S/C12H12Cl2O4/c1-12(2,17)11(16)18-10(15)6-7-5-8(13)3-4-9(7)14/h3-5,17H,6H2,1-2H3. The van der Waals surface area contributed by atoms with Crippen molar-refractivity contribution >= 4 is 35.1 Å². The third-order valence-electron chi connectivity index (χ3n) is 2.05. The van der Waals surface area contributed by atoms with E-state index in [1.807, 2.05) is 0 Å². The molecule has 0 spiro atoms. The molecule has 1 aromatic carbocycles. The zero-order chi connectivity index (χ0) is 13.9. The summed E-state index contributed by atoms with van der Waals surface area (Å²) < 4.78 is 4.48. The van der Waals surface area contributed by atoms with Crippen LogP contribution in [0.3, 0.4) is 0 Å². The third-order valence-corrected chi connectivity index (χ3v) is 2.65. The van der Waals surface area contributed by atoms with E-state index in [1.165, 1.54) is 19.9 Å². The Labute approximate surface area is 114 Å². The molecule has 1 rings (SSSR count). The molecular formula is C12H12Cl2O4. The van der Waals surface area contributed by atoms with E-state index in [-0.39, 0.29) is 6.42 Å². The molecule has 0 radical (unpaired) electrons. The number of rotatable bonds is 3. The molecule has 4 nitrogen and oxygen atoms in total. The Morgan fingerprint density at radius 1 is 1.33 bits per heavy atom. The SMILES string of the molecule is CC(C)(O)C(=O)OC(=O)Cc1cc(Cl)ccc1Cl. The van der Waals surface area contributed by atoms with E-state index in [1.54, 1.807) is 12.1 Å². The fraction of sp³-hybridized carbons (Fsp3) is 0.333. The average molecular weight is 291 g/mol. The first-order valence-corrected chi connectivity index (χ1v) is 5.87. The van der Waals surface area contributed by atoms with Crippen molar-refractivity contribution < 1.29 is 19.4 Å². The molecule has 0 aliphatic heterocycles. The van der Waals surface area contributed by atoms with Gasteiger partial charge in [-0.2, -0.15) is 0 Å². The van der Waals surface area contributed by atoms with E-state index in [0.717, 1.165) is 0 Å². The lowest BCUT2D eigenvalue weighted by Crippen LogP contribution is -2.35. The molecule has 0 heterocycles. The van der Waals surface area contributed by atoms with Gasteiger partial charge in [-0.15, -0.1) is 0 Å². The van der Waals surface area contributed by atoms with Gasteiger partial charge in [0.1, 0.15) is 0 Å². The molecule has 0 saturated carbocycles. The number of hydrogen-bond donors (Lipinski definition) is 1. The van der Waals surface area contributed by atoms with Gasteiger partial charge in [0.2, 0.25) is 0 Å². The Morgan fingerprint density at radius 2 is 1.94 bits per heavy atom. The Kier molecular flexibility index (Phi) is 4.73. The number of benzene rings is 1. The van der Waals surface area contributed by atoms with Gasteiger partial charge in [0.25, 0.3) is 0 Å². The number of hydrogen-bond acceptors (Lipinski definition) is 4. The highest BCUT2D eigenvalue weighted by molar-refractivity contribution is 6.33. The lowest BCUT2D eigenvalue weighted by Gasteiger charge is -2.14. The van der Waals surface area contributed by atoms with Crippen molar-refractivity contribution in [1.82, 2.24) is 0 Å². The molecule has 0 bridgehead atoms. The fourth-order valence-electron chi connectivity index (χ4n) is 1.10. The van der Waals surface area contributed by atoms with Crippen LogP contribution >= 0.6 is 23.2 Å². The predicted molar refractivity (Wildman–Crippen MR) is 67.6 cm³/mol. The number of halogens is 2. The molecule has 1 N–H and O–H groups in total. The molecule has 0 atom stereocenters. The average Bonchev–Trinajstić information content (AvgIpc) is 2.22. The summed E-state index contributed by atoms with van der Waals surface area (Å²) in [5.74, 6) is -1.81. The minimum atomic E-state index is -1.71. The summed E-state index contributed by atoms with van der Waals surface area (Å²) in [4.78, 5) is 22.7. The maximum atomic E-state index is 11.5. The molecule has 0 aliphatic rings. The largest absolute Gasteiger partial charge is 0.391 e. The van der Waals surface area contributed by atoms with Gasteiger partial charge in [0.15, 0.2) is 5.60 Å². The summed E-state index contributed by atoms with van der Waals surface area (Å²) in [5.41, 5.74) is -1.26. The van der Waals surface area contributed by atoms with Gasteiger partial charge >= 0.3 is 11.9 Å². The van der Waals surface area contributed by atoms with Crippen molar-refractivity contribution in [1.29, 1.82) is 0 Å². The maximum absolute atomic E-state index is 11.5. The second-order valence-corrected chi connectivity index (χ2v) is 5.08. The van der Waals surface area contributed by atoms with Crippen molar-refractivity contribution in [2.24, 2.45) is 0 Å². The van der Waals surface area contributed by atoms with E-state index in [9.17, 15) is 14.7 Å². The van der Waals surface area contributed by atoms with E-state index in [0.29, 0.717) is 15.6 Å². The Morgan fingerprint density at radius 3 is 2.50 bits per heavy atom. The van der Waals surface area contributed by atoms with Crippen LogP contribution in [-0.2, 0) is 20.7 Å². The first kappa shape index (κ1) is 15.0. The van der Waals surface area contributed by atoms with E-state index in [4.69, 9.17) is 23.2 Å². The number of carbonyl (C=O) groups excluding carboxylic acids is 2. The normalized spacial score (nSPS) is 11.2. The van der Waals surface area contributed by atoms with Crippen molar-refractivity contribution in [3.8, 4) is 0 Å². The summed E-state index contributed by atoms with van der Waals surface area (Å²) in [6, 6.07) is 4.64. The molecule has 0 aromatic heterocycles. The van der Waals surface area contributed by atoms with Gasteiger partial charge in [0, 0.05) is 10.0 Å². The molecule has 0 amide bonds. The van der Waals surface area contributed by atoms with Crippen molar-refractivity contribution in [2.75, 3.05) is 0 Å². The van der Waals surface area contributed by atoms with Crippen molar-refractivity contribution in [3.05, 3.63) is 33.8 Å². The third kappa shape index (κ3) is 4.29. The quantitative estimate of drug-likeness (QED) is 0.686. The summed E-state index contributed by atoms with van der Waals surface area (Å²) in [5, 5.41) is 10.1. The van der Waals surface area contributed by atoms with Crippen molar-refractivity contribution in [2.45, 2.75) is 25.9 Å². The maximum Gasteiger partial charge on any atom is 0.345 e. The molecule has 6 heteroatoms. The van der Waals surface area contributed by atoms with Gasteiger partial charge in [0.05, 0.1) is 6.42 Å². The first-order valence-electron chi connectivity index (χ1n) is 5.11. The molecule has 0 aliphatic carbocycles. The van der Waals surface area contributed by atoms with Crippen LogP contribution in [-0.4, -0.2) is 22.6 Å². The predicted octanol–water partition coefficient (Wildman–Crippen LogP) is 2.38. The van der Waals surface area contributed by atoms with Crippen LogP contribution in [0.5, 0.6) is 0 Å². The topological polar surface area (TPSA) is 63.6 Å². The minimum Gasteiger partial charge on any atom is -0.391 e. The van der Waals surface area contributed by atoms with E-state index < -0.39 is 17.5 Å². The minimum absolute atomic E-state index is 0.193. The summed E-state index contributed by atoms with van der Waals surface area (Å²) in [7, 11) is 0. The van der Waals surface area contributed by atoms with E-state index >= 15 is 0 Å². The summed E-state index contributed by atoms with van der Waals surface area (Å²) in [6.45, 7) is 2.46. The van der Waals surface area contributed by atoms with Gasteiger partial charge < -0.3 is 9.84 Å². The monoisotopic (exact) mass is 290 g/mol. The first-order chi connectivity index (χ1) is 8.20. The van der Waals surface area contributed by atoms with Gasteiger partial charge in [-0.25, -0.2) is 4.79 Å². The lowest BCUT2D eigenvalue weighted by atomic mass is 10.1. The van der Waals surface area contributed by atoms with Crippen LogP contribution in [0.25, 0.3) is 0 Å². The molecule has 0 saturated heterocycles. The molecule has 1 aromatic rings. The van der Waals surface area contributed by atoms with Gasteiger partial charge in [-0.3, -0.25) is 4.79 Å². The number of carbonyl (C=O) groups is 2. The van der Waals surface area contributed by atoms with Crippen LogP contribution in [0.15, 0.2) is 18.2 Å². The number of aliphatic hydroxyl groups is 1.